The van der Waals surface area contributed by atoms with Crippen LogP contribution in [0.25, 0.3) is 0 Å². The molecule has 1 aromatic rings. The van der Waals surface area contributed by atoms with Crippen LogP contribution in [0.15, 0.2) is 22.7 Å². The monoisotopic (exact) mass is 343 g/mol. The van der Waals surface area contributed by atoms with E-state index in [1.54, 1.807) is 19.1 Å². The molecule has 1 rings (SSSR count). The number of hydrogen-bond acceptors (Lipinski definition) is 3. The van der Waals surface area contributed by atoms with Gasteiger partial charge in [0.05, 0.1) is 24.8 Å². The second-order valence-electron chi connectivity index (χ2n) is 4.78. The number of ether oxygens (including phenoxy) is 2. The maximum Gasteiger partial charge on any atom is 0.255 e. The number of methoxy groups -OCH3 is 2. The van der Waals surface area contributed by atoms with Crippen molar-refractivity contribution >= 4 is 21.8 Å². The summed E-state index contributed by atoms with van der Waals surface area (Å²) in [4.78, 5) is 14.5. The summed E-state index contributed by atoms with van der Waals surface area (Å²) in [6.07, 6.45) is 0. The summed E-state index contributed by atoms with van der Waals surface area (Å²) in [6, 6.07) is 5.76. The molecule has 1 aromatic carbocycles. The molecule has 0 bridgehead atoms. The van der Waals surface area contributed by atoms with E-state index in [1.165, 1.54) is 0 Å². The highest BCUT2D eigenvalue weighted by molar-refractivity contribution is 9.10. The molecule has 0 saturated heterocycles. The van der Waals surface area contributed by atoms with Crippen molar-refractivity contribution in [2.45, 2.75) is 19.9 Å². The standard InChI is InChI=1S/C15H22BrNO3/c1-11-5-6-14(16)13(9-11)15(18)17(7-8-19-3)12(2)10-20-4/h5-6,9,12H,7-8,10H2,1-4H3. The number of amides is 1. The lowest BCUT2D eigenvalue weighted by molar-refractivity contribution is 0.0478. The second kappa shape index (κ2) is 8.39. The summed E-state index contributed by atoms with van der Waals surface area (Å²) >= 11 is 3.45. The molecule has 0 spiro atoms. The number of carbonyl (C=O) groups excluding carboxylic acids is 1. The number of hydrogen-bond donors (Lipinski definition) is 0. The van der Waals surface area contributed by atoms with Gasteiger partial charge in [0, 0.05) is 25.2 Å². The average molecular weight is 344 g/mol. The largest absolute Gasteiger partial charge is 0.383 e. The number of halogens is 1. The van der Waals surface area contributed by atoms with Gasteiger partial charge in [-0.05, 0) is 41.9 Å². The first-order chi connectivity index (χ1) is 9.51. The van der Waals surface area contributed by atoms with Crippen LogP contribution in [-0.2, 0) is 9.47 Å². The zero-order valence-electron chi connectivity index (χ0n) is 12.5. The lowest BCUT2D eigenvalue weighted by Crippen LogP contribution is -2.43. The Morgan fingerprint density at radius 1 is 1.35 bits per heavy atom. The van der Waals surface area contributed by atoms with Crippen molar-refractivity contribution in [2.24, 2.45) is 0 Å². The van der Waals surface area contributed by atoms with E-state index in [-0.39, 0.29) is 11.9 Å². The third-order valence-electron chi connectivity index (χ3n) is 3.09. The van der Waals surface area contributed by atoms with Gasteiger partial charge >= 0.3 is 0 Å². The molecular weight excluding hydrogens is 322 g/mol. The summed E-state index contributed by atoms with van der Waals surface area (Å²) in [5, 5.41) is 0. The Kier molecular flexibility index (Phi) is 7.19. The third-order valence-corrected chi connectivity index (χ3v) is 3.78. The second-order valence-corrected chi connectivity index (χ2v) is 5.63. The Balaban J connectivity index is 2.99. The fourth-order valence-corrected chi connectivity index (χ4v) is 2.42. The number of carbonyl (C=O) groups is 1. The molecule has 0 aliphatic heterocycles. The molecule has 0 N–H and O–H groups in total. The van der Waals surface area contributed by atoms with E-state index < -0.39 is 0 Å². The van der Waals surface area contributed by atoms with E-state index in [0.717, 1.165) is 10.0 Å². The van der Waals surface area contributed by atoms with E-state index in [9.17, 15) is 4.79 Å². The highest BCUT2D eigenvalue weighted by Crippen LogP contribution is 2.21. The van der Waals surface area contributed by atoms with E-state index >= 15 is 0 Å². The molecule has 112 valence electrons. The fourth-order valence-electron chi connectivity index (χ4n) is 2.00. The molecule has 1 amide bonds. The number of benzene rings is 1. The van der Waals surface area contributed by atoms with Gasteiger partial charge in [0.2, 0.25) is 0 Å². The maximum atomic E-state index is 12.7. The van der Waals surface area contributed by atoms with Crippen molar-refractivity contribution in [3.63, 3.8) is 0 Å². The molecule has 5 heteroatoms. The smallest absolute Gasteiger partial charge is 0.255 e. The molecule has 1 unspecified atom stereocenters. The summed E-state index contributed by atoms with van der Waals surface area (Å²) in [7, 11) is 3.27. The third kappa shape index (κ3) is 4.58. The first-order valence-electron chi connectivity index (χ1n) is 6.56. The molecule has 4 nitrogen and oxygen atoms in total. The summed E-state index contributed by atoms with van der Waals surface area (Å²) in [5.41, 5.74) is 1.73. The van der Waals surface area contributed by atoms with Crippen LogP contribution >= 0.6 is 15.9 Å². The Hall–Kier alpha value is -0.910. The number of rotatable bonds is 7. The highest BCUT2D eigenvalue weighted by Gasteiger charge is 2.23. The number of aryl methyl sites for hydroxylation is 1. The average Bonchev–Trinajstić information content (AvgIpc) is 2.42. The molecule has 0 aromatic heterocycles. The normalized spacial score (nSPS) is 12.2. The van der Waals surface area contributed by atoms with Crippen molar-refractivity contribution in [3.8, 4) is 0 Å². The molecule has 0 radical (unpaired) electrons. The van der Waals surface area contributed by atoms with E-state index in [0.29, 0.717) is 25.3 Å². The van der Waals surface area contributed by atoms with Gasteiger partial charge in [-0.2, -0.15) is 0 Å². The van der Waals surface area contributed by atoms with Crippen molar-refractivity contribution in [1.29, 1.82) is 0 Å². The minimum absolute atomic E-state index is 0.00457. The Morgan fingerprint density at radius 2 is 2.05 bits per heavy atom. The molecule has 0 heterocycles. The van der Waals surface area contributed by atoms with Crippen molar-refractivity contribution in [3.05, 3.63) is 33.8 Å². The van der Waals surface area contributed by atoms with E-state index in [2.05, 4.69) is 15.9 Å². The van der Waals surface area contributed by atoms with Gasteiger partial charge in [-0.3, -0.25) is 4.79 Å². The fraction of sp³-hybridized carbons (Fsp3) is 0.533. The van der Waals surface area contributed by atoms with Gasteiger partial charge in [-0.1, -0.05) is 11.6 Å². The van der Waals surface area contributed by atoms with Crippen LogP contribution in [0.4, 0.5) is 0 Å². The van der Waals surface area contributed by atoms with Gasteiger partial charge in [-0.25, -0.2) is 0 Å². The maximum absolute atomic E-state index is 12.7. The van der Waals surface area contributed by atoms with Crippen molar-refractivity contribution in [1.82, 2.24) is 4.90 Å². The quantitative estimate of drug-likeness (QED) is 0.764. The van der Waals surface area contributed by atoms with Crippen LogP contribution in [0.2, 0.25) is 0 Å². The van der Waals surface area contributed by atoms with Gasteiger partial charge in [0.1, 0.15) is 0 Å². The summed E-state index contributed by atoms with van der Waals surface area (Å²) < 4.78 is 11.1. The highest BCUT2D eigenvalue weighted by atomic mass is 79.9. The molecule has 1 atom stereocenters. The molecule has 0 aliphatic rings. The van der Waals surface area contributed by atoms with E-state index in [4.69, 9.17) is 9.47 Å². The lowest BCUT2D eigenvalue weighted by atomic mass is 10.1. The van der Waals surface area contributed by atoms with Gasteiger partial charge < -0.3 is 14.4 Å². The molecule has 0 saturated carbocycles. The minimum atomic E-state index is -0.0119. The van der Waals surface area contributed by atoms with Gasteiger partial charge in [-0.15, -0.1) is 0 Å². The topological polar surface area (TPSA) is 38.8 Å². The first-order valence-corrected chi connectivity index (χ1v) is 7.35. The zero-order valence-corrected chi connectivity index (χ0v) is 14.1. The van der Waals surface area contributed by atoms with Gasteiger partial charge in [0.25, 0.3) is 5.91 Å². The first kappa shape index (κ1) is 17.1. The zero-order chi connectivity index (χ0) is 15.1. The molecule has 0 fully saturated rings. The van der Waals surface area contributed by atoms with Crippen LogP contribution in [0.5, 0.6) is 0 Å². The number of nitrogens with zero attached hydrogens (tertiary/aromatic N) is 1. The van der Waals surface area contributed by atoms with Crippen LogP contribution in [0.1, 0.15) is 22.8 Å². The Labute approximate surface area is 129 Å². The molecule has 0 aliphatic carbocycles. The molecular formula is C15H22BrNO3. The Morgan fingerprint density at radius 3 is 2.65 bits per heavy atom. The predicted octanol–water partition coefficient (Wildman–Crippen LogP) is 2.88. The summed E-state index contributed by atoms with van der Waals surface area (Å²) in [5.74, 6) is -0.0119. The minimum Gasteiger partial charge on any atom is -0.383 e. The molecule has 20 heavy (non-hydrogen) atoms. The lowest BCUT2D eigenvalue weighted by Gasteiger charge is -2.29. The van der Waals surface area contributed by atoms with Crippen molar-refractivity contribution < 1.29 is 14.3 Å². The SMILES string of the molecule is COCCN(C(=O)c1cc(C)ccc1Br)C(C)COC. The van der Waals surface area contributed by atoms with Crippen LogP contribution in [0.3, 0.4) is 0 Å². The van der Waals surface area contributed by atoms with E-state index in [1.807, 2.05) is 32.0 Å². The Bertz CT molecular complexity index is 451. The van der Waals surface area contributed by atoms with Crippen LogP contribution in [0, 0.1) is 6.92 Å². The van der Waals surface area contributed by atoms with Crippen LogP contribution < -0.4 is 0 Å². The van der Waals surface area contributed by atoms with Crippen molar-refractivity contribution in [2.75, 3.05) is 34.0 Å². The summed E-state index contributed by atoms with van der Waals surface area (Å²) in [6.45, 7) is 5.49. The predicted molar refractivity (Wildman–Crippen MR) is 83.1 cm³/mol. The van der Waals surface area contributed by atoms with Gasteiger partial charge in [0.15, 0.2) is 0 Å². The van der Waals surface area contributed by atoms with Crippen LogP contribution in [-0.4, -0.2) is 50.8 Å².